The van der Waals surface area contributed by atoms with Crippen LogP contribution in [0.2, 0.25) is 0 Å². The van der Waals surface area contributed by atoms with Crippen LogP contribution in [0.4, 0.5) is 11.4 Å². The topological polar surface area (TPSA) is 78.2 Å². The third-order valence-corrected chi connectivity index (χ3v) is 5.25. The maximum absolute atomic E-state index is 12.1. The van der Waals surface area contributed by atoms with Gasteiger partial charge in [0, 0.05) is 34.9 Å². The predicted molar refractivity (Wildman–Crippen MR) is 131 cm³/mol. The standard InChI is InChI=1S/C25H19N3O3S/c1-4-26-16-6-9-19-22(12-16)31-23-13-17(28(2)3)7-10-20(23)24(19)21-11-15(27-14-32)5-8-18(21)25(29)30/h4-13H,1-3H3/p+1. The van der Waals surface area contributed by atoms with Gasteiger partial charge in [0.1, 0.15) is 25.4 Å². The van der Waals surface area contributed by atoms with E-state index in [1.54, 1.807) is 18.3 Å². The number of fused-ring (bicyclic) bond motifs is 2. The average molecular weight is 443 g/mol. The molecular formula is C25H20N3O3S+. The van der Waals surface area contributed by atoms with E-state index in [-0.39, 0.29) is 5.56 Å². The molecule has 2 aromatic carbocycles. The Bertz CT molecular complexity index is 1490. The van der Waals surface area contributed by atoms with Crippen molar-refractivity contribution in [2.45, 2.75) is 6.92 Å². The fraction of sp³-hybridized carbons (Fsp3) is 0.120. The number of carboxylic acids is 1. The summed E-state index contributed by atoms with van der Waals surface area (Å²) in [5.41, 5.74) is 4.10. The highest BCUT2D eigenvalue weighted by atomic mass is 32.1. The lowest BCUT2D eigenvalue weighted by Gasteiger charge is -2.17. The Kier molecular flexibility index (Phi) is 5.77. The molecular weight excluding hydrogens is 422 g/mol. The van der Waals surface area contributed by atoms with Crippen LogP contribution in [-0.2, 0) is 0 Å². The van der Waals surface area contributed by atoms with Crippen LogP contribution in [0, 0.1) is 0 Å². The van der Waals surface area contributed by atoms with Crippen molar-refractivity contribution in [3.8, 4) is 22.5 Å². The second kappa shape index (κ2) is 8.67. The first-order valence-corrected chi connectivity index (χ1v) is 10.3. The highest BCUT2D eigenvalue weighted by Gasteiger charge is 2.22. The zero-order valence-corrected chi connectivity index (χ0v) is 18.6. The van der Waals surface area contributed by atoms with E-state index in [4.69, 9.17) is 16.6 Å². The van der Waals surface area contributed by atoms with Gasteiger partial charge in [-0.3, -0.25) is 4.99 Å². The van der Waals surface area contributed by atoms with E-state index in [2.05, 4.69) is 15.1 Å². The maximum Gasteiger partial charge on any atom is 0.336 e. The van der Waals surface area contributed by atoms with Gasteiger partial charge in [0.2, 0.25) is 5.36 Å². The molecule has 0 saturated carbocycles. The Morgan fingerprint density at radius 2 is 1.84 bits per heavy atom. The van der Waals surface area contributed by atoms with Crippen molar-refractivity contribution >= 4 is 51.9 Å². The summed E-state index contributed by atoms with van der Waals surface area (Å²) in [6, 6.07) is 16.3. The molecule has 0 fully saturated rings. The Hall–Kier alpha value is -3.93. The lowest BCUT2D eigenvalue weighted by molar-refractivity contribution is 0.0698. The highest BCUT2D eigenvalue weighted by molar-refractivity contribution is 7.78. The minimum atomic E-state index is -1.03. The number of benzene rings is 3. The molecule has 0 bridgehead atoms. The quantitative estimate of drug-likeness (QED) is 0.199. The van der Waals surface area contributed by atoms with Crippen molar-refractivity contribution in [1.29, 1.82) is 0 Å². The zero-order valence-electron chi connectivity index (χ0n) is 17.8. The fourth-order valence-electron chi connectivity index (χ4n) is 3.71. The lowest BCUT2D eigenvalue weighted by atomic mass is 9.90. The van der Waals surface area contributed by atoms with E-state index < -0.39 is 5.97 Å². The van der Waals surface area contributed by atoms with Crippen LogP contribution in [0.5, 0.6) is 0 Å². The Morgan fingerprint density at radius 3 is 2.53 bits per heavy atom. The summed E-state index contributed by atoms with van der Waals surface area (Å²) < 4.78 is 8.24. The van der Waals surface area contributed by atoms with Gasteiger partial charge in [0.15, 0.2) is 0 Å². The van der Waals surface area contributed by atoms with Crippen LogP contribution in [0.3, 0.4) is 0 Å². The number of aromatic carboxylic acids is 1. The molecule has 32 heavy (non-hydrogen) atoms. The first kappa shape index (κ1) is 21.3. The third kappa shape index (κ3) is 3.87. The maximum atomic E-state index is 12.1. The van der Waals surface area contributed by atoms with E-state index in [0.29, 0.717) is 22.6 Å². The van der Waals surface area contributed by atoms with Gasteiger partial charge >= 0.3 is 5.97 Å². The smallest absolute Gasteiger partial charge is 0.336 e. The first-order valence-electron chi connectivity index (χ1n) is 9.88. The molecule has 0 radical (unpaired) electrons. The summed E-state index contributed by atoms with van der Waals surface area (Å²) in [7, 11) is 3.90. The molecule has 1 heterocycles. The Labute approximate surface area is 189 Å². The summed E-state index contributed by atoms with van der Waals surface area (Å²) in [5, 5.41) is 14.0. The van der Waals surface area contributed by atoms with Crippen molar-refractivity contribution in [2.75, 3.05) is 14.1 Å². The van der Waals surface area contributed by atoms with Gasteiger partial charge in [-0.2, -0.15) is 4.99 Å². The molecule has 2 aromatic rings. The fourth-order valence-corrected chi connectivity index (χ4v) is 3.82. The molecule has 0 unspecified atom stereocenters. The number of hydrogen-bond donors (Lipinski definition) is 1. The molecule has 7 heteroatoms. The molecule has 0 saturated heterocycles. The van der Waals surface area contributed by atoms with Crippen LogP contribution in [0.1, 0.15) is 17.3 Å². The molecule has 0 atom stereocenters. The molecule has 6 nitrogen and oxygen atoms in total. The average Bonchev–Trinajstić information content (AvgIpc) is 2.77. The molecule has 4 rings (SSSR count). The second-order valence-electron chi connectivity index (χ2n) is 7.36. The van der Waals surface area contributed by atoms with Crippen LogP contribution in [0.15, 0.2) is 69.0 Å². The minimum Gasteiger partial charge on any atom is -0.478 e. The van der Waals surface area contributed by atoms with Crippen molar-refractivity contribution in [3.63, 3.8) is 0 Å². The molecule has 158 valence electrons. The normalized spacial score (nSPS) is 11.1. The summed E-state index contributed by atoms with van der Waals surface area (Å²) in [6.07, 6.45) is 1.71. The van der Waals surface area contributed by atoms with Crippen LogP contribution in [-0.4, -0.2) is 36.5 Å². The molecule has 0 spiro atoms. The summed E-state index contributed by atoms with van der Waals surface area (Å²) >= 11 is 4.74. The summed E-state index contributed by atoms with van der Waals surface area (Å²) in [4.78, 5) is 20.5. The van der Waals surface area contributed by atoms with Gasteiger partial charge in [-0.05, 0) is 61.1 Å². The third-order valence-electron chi connectivity index (χ3n) is 5.16. The SMILES string of the molecule is CC=Nc1ccc2c(-c3cc(N=C=S)ccc3C(=O)O)c3ccc(=[N+](C)C)cc-3oc2c1. The largest absolute Gasteiger partial charge is 0.478 e. The first-order chi connectivity index (χ1) is 15.4. The van der Waals surface area contributed by atoms with Crippen LogP contribution >= 0.6 is 12.2 Å². The number of hydrogen-bond acceptors (Lipinski definition) is 5. The van der Waals surface area contributed by atoms with E-state index in [1.165, 1.54) is 6.07 Å². The summed E-state index contributed by atoms with van der Waals surface area (Å²) in [5.74, 6) is -0.395. The van der Waals surface area contributed by atoms with Gasteiger partial charge in [-0.25, -0.2) is 9.37 Å². The Balaban J connectivity index is 2.21. The minimum absolute atomic E-state index is 0.162. The second-order valence-corrected chi connectivity index (χ2v) is 7.54. The molecule has 0 aromatic heterocycles. The zero-order chi connectivity index (χ0) is 22.8. The molecule has 1 aliphatic carbocycles. The number of thiocarbonyl (C=S) groups is 1. The van der Waals surface area contributed by atoms with Crippen molar-refractivity contribution in [2.24, 2.45) is 9.98 Å². The monoisotopic (exact) mass is 442 g/mol. The molecule has 0 amide bonds. The van der Waals surface area contributed by atoms with E-state index in [0.717, 1.165) is 27.6 Å². The number of isothiocyanates is 1. The van der Waals surface area contributed by atoms with Gasteiger partial charge in [0.05, 0.1) is 28.2 Å². The number of aliphatic imine (C=N–C) groups is 2. The number of carboxylic acid groups (broad SMARTS) is 1. The predicted octanol–water partition coefficient (Wildman–Crippen LogP) is 5.39. The molecule has 1 N–H and O–H groups in total. The van der Waals surface area contributed by atoms with Gasteiger partial charge < -0.3 is 9.52 Å². The summed E-state index contributed by atoms with van der Waals surface area (Å²) in [6.45, 7) is 1.85. The van der Waals surface area contributed by atoms with E-state index in [9.17, 15) is 9.90 Å². The van der Waals surface area contributed by atoms with Crippen molar-refractivity contribution < 1.29 is 14.3 Å². The lowest BCUT2D eigenvalue weighted by Crippen LogP contribution is -2.21. The van der Waals surface area contributed by atoms with E-state index >= 15 is 0 Å². The van der Waals surface area contributed by atoms with Gasteiger partial charge in [-0.15, -0.1) is 0 Å². The van der Waals surface area contributed by atoms with Crippen molar-refractivity contribution in [3.05, 3.63) is 65.5 Å². The van der Waals surface area contributed by atoms with Crippen molar-refractivity contribution in [1.82, 2.24) is 4.58 Å². The molecule has 1 aliphatic heterocycles. The highest BCUT2D eigenvalue weighted by Crippen LogP contribution is 2.42. The van der Waals surface area contributed by atoms with Crippen LogP contribution < -0.4 is 9.93 Å². The van der Waals surface area contributed by atoms with Gasteiger partial charge in [-0.1, -0.05) is 0 Å². The van der Waals surface area contributed by atoms with E-state index in [1.807, 2.05) is 62.0 Å². The Morgan fingerprint density at radius 1 is 1.06 bits per heavy atom. The number of rotatable bonds is 4. The molecule has 2 aliphatic rings. The van der Waals surface area contributed by atoms with Crippen LogP contribution in [0.25, 0.3) is 33.4 Å². The van der Waals surface area contributed by atoms with Gasteiger partial charge in [0.25, 0.3) is 0 Å². The number of carbonyl (C=O) groups is 1. The number of nitrogens with zero attached hydrogens (tertiary/aromatic N) is 3.